The summed E-state index contributed by atoms with van der Waals surface area (Å²) >= 11 is 2.07. The Morgan fingerprint density at radius 2 is 2.00 bits per heavy atom. The van der Waals surface area contributed by atoms with Gasteiger partial charge in [-0.15, -0.1) is 0 Å². The highest BCUT2D eigenvalue weighted by Crippen LogP contribution is 2.07. The van der Waals surface area contributed by atoms with E-state index in [0.717, 1.165) is 3.57 Å². The molecule has 2 nitrogen and oxygen atoms in total. The summed E-state index contributed by atoms with van der Waals surface area (Å²) in [5.41, 5.74) is 0. The lowest BCUT2D eigenvalue weighted by Crippen LogP contribution is -1.79. The summed E-state index contributed by atoms with van der Waals surface area (Å²) in [5.74, 6) is 0. The van der Waals surface area contributed by atoms with E-state index in [1.165, 1.54) is 0 Å². The summed E-state index contributed by atoms with van der Waals surface area (Å²) < 4.78 is 21.7. The third kappa shape index (κ3) is 1.95. The Morgan fingerprint density at radius 1 is 1.30 bits per heavy atom. The van der Waals surface area contributed by atoms with Crippen molar-refractivity contribution in [3.8, 4) is 0 Å². The average molecular weight is 268 g/mol. The van der Waals surface area contributed by atoms with E-state index in [1.807, 2.05) is 6.07 Å². The molecule has 1 rings (SSSR count). The number of halogens is 1. The molecule has 0 amide bonds. The van der Waals surface area contributed by atoms with E-state index >= 15 is 0 Å². The second-order valence-electron chi connectivity index (χ2n) is 1.74. The van der Waals surface area contributed by atoms with E-state index < -0.39 is 10.7 Å². The Labute approximate surface area is 74.4 Å². The van der Waals surface area contributed by atoms with Gasteiger partial charge in [-0.3, -0.25) is 0 Å². The first-order valence-corrected chi connectivity index (χ1v) is 4.86. The first-order chi connectivity index (χ1) is 4.70. The summed E-state index contributed by atoms with van der Waals surface area (Å²) in [4.78, 5) is 0.377. The molecule has 1 aromatic carbocycles. The Balaban J connectivity index is 3.19. The Kier molecular flexibility index (Phi) is 2.67. The average Bonchev–Trinajstić information content (AvgIpc) is 1.88. The normalized spacial score (nSPS) is 10.2. The van der Waals surface area contributed by atoms with Gasteiger partial charge in [0, 0.05) is 3.57 Å². The van der Waals surface area contributed by atoms with Crippen molar-refractivity contribution in [3.05, 3.63) is 27.8 Å². The Bertz CT molecular complexity index is 298. The van der Waals surface area contributed by atoms with Gasteiger partial charge < -0.3 is 0 Å². The van der Waals surface area contributed by atoms with E-state index in [0.29, 0.717) is 4.90 Å². The summed E-state index contributed by atoms with van der Waals surface area (Å²) in [6.07, 6.45) is 0. The molecule has 10 heavy (non-hydrogen) atoms. The Morgan fingerprint density at radius 3 is 2.40 bits per heavy atom. The first kappa shape index (κ1) is 8.00. The molecule has 0 aliphatic carbocycles. The predicted molar refractivity (Wildman–Crippen MR) is 47.7 cm³/mol. The molecule has 0 saturated heterocycles. The molecule has 0 unspecified atom stereocenters. The van der Waals surface area contributed by atoms with Gasteiger partial charge in [-0.25, -0.2) is 8.42 Å². The van der Waals surface area contributed by atoms with Gasteiger partial charge in [0.05, 0.1) is 4.90 Å². The molecule has 0 radical (unpaired) electrons. The molecule has 0 spiro atoms. The zero-order chi connectivity index (χ0) is 7.56. The molecular formula is C6H5IO2S. The van der Waals surface area contributed by atoms with Crippen LogP contribution in [0.2, 0.25) is 0 Å². The molecule has 54 valence electrons. The van der Waals surface area contributed by atoms with Crippen LogP contribution in [0, 0.1) is 3.57 Å². The van der Waals surface area contributed by atoms with Crippen LogP contribution < -0.4 is 0 Å². The van der Waals surface area contributed by atoms with E-state index in [9.17, 15) is 8.42 Å². The van der Waals surface area contributed by atoms with Crippen molar-refractivity contribution in [3.63, 3.8) is 0 Å². The summed E-state index contributed by atoms with van der Waals surface area (Å²) in [7, 11) is -2.42. The number of rotatable bonds is 1. The molecular weight excluding hydrogens is 263 g/mol. The molecule has 1 aromatic rings. The topological polar surface area (TPSA) is 34.1 Å². The summed E-state index contributed by atoms with van der Waals surface area (Å²) in [5, 5.41) is 0. The molecule has 0 heterocycles. The third-order valence-electron chi connectivity index (χ3n) is 1.02. The van der Waals surface area contributed by atoms with E-state index in [1.54, 1.807) is 18.2 Å². The molecule has 0 aromatic heterocycles. The highest BCUT2D eigenvalue weighted by Gasteiger charge is 1.92. The van der Waals surface area contributed by atoms with Crippen LogP contribution in [0.5, 0.6) is 0 Å². The maximum Gasteiger partial charge on any atom is 0.168 e. The monoisotopic (exact) mass is 268 g/mol. The molecule has 0 atom stereocenters. The van der Waals surface area contributed by atoms with Crippen molar-refractivity contribution in [2.24, 2.45) is 0 Å². The zero-order valence-electron chi connectivity index (χ0n) is 4.95. The summed E-state index contributed by atoms with van der Waals surface area (Å²) in [6.45, 7) is 0. The fraction of sp³-hybridized carbons (Fsp3) is 0. The van der Waals surface area contributed by atoms with Crippen molar-refractivity contribution in [2.75, 3.05) is 0 Å². The maximum atomic E-state index is 10.4. The number of benzene rings is 1. The Hall–Kier alpha value is -0.100. The molecule has 0 N–H and O–H groups in total. The lowest BCUT2D eigenvalue weighted by atomic mass is 10.4. The minimum atomic E-state index is -2.42. The second-order valence-corrected chi connectivity index (χ2v) is 4.01. The van der Waals surface area contributed by atoms with Crippen molar-refractivity contribution in [1.29, 1.82) is 0 Å². The number of hydrogen-bond donors (Lipinski definition) is 1. The van der Waals surface area contributed by atoms with Gasteiger partial charge in [0.1, 0.15) is 0 Å². The largest absolute Gasteiger partial charge is 0.227 e. The fourth-order valence-electron chi connectivity index (χ4n) is 0.590. The minimum Gasteiger partial charge on any atom is -0.227 e. The van der Waals surface area contributed by atoms with Gasteiger partial charge in [-0.2, -0.15) is 0 Å². The SMILES string of the molecule is O=[SH](=O)c1cccc(I)c1. The van der Waals surface area contributed by atoms with Crippen LogP contribution in [0.1, 0.15) is 0 Å². The van der Waals surface area contributed by atoms with Crippen LogP contribution in [0.15, 0.2) is 29.2 Å². The van der Waals surface area contributed by atoms with Gasteiger partial charge in [0.25, 0.3) is 0 Å². The fourth-order valence-corrected chi connectivity index (χ4v) is 1.83. The molecule has 0 saturated carbocycles. The molecule has 0 fully saturated rings. The van der Waals surface area contributed by atoms with Crippen molar-refractivity contribution >= 4 is 33.3 Å². The smallest absolute Gasteiger partial charge is 0.168 e. The summed E-state index contributed by atoms with van der Waals surface area (Å²) in [6, 6.07) is 6.78. The number of thiol groups is 1. The van der Waals surface area contributed by atoms with Crippen LogP contribution >= 0.6 is 22.6 Å². The third-order valence-corrected chi connectivity index (χ3v) is 2.39. The highest BCUT2D eigenvalue weighted by molar-refractivity contribution is 14.1. The van der Waals surface area contributed by atoms with Crippen LogP contribution in [0.25, 0.3) is 0 Å². The molecule has 0 bridgehead atoms. The van der Waals surface area contributed by atoms with Crippen molar-refractivity contribution < 1.29 is 8.42 Å². The number of hydrogen-bond acceptors (Lipinski definition) is 2. The van der Waals surface area contributed by atoms with Gasteiger partial charge in [-0.05, 0) is 40.8 Å². The van der Waals surface area contributed by atoms with Gasteiger partial charge in [-0.1, -0.05) is 6.07 Å². The van der Waals surface area contributed by atoms with E-state index in [4.69, 9.17) is 0 Å². The molecule has 4 heteroatoms. The quantitative estimate of drug-likeness (QED) is 0.614. The zero-order valence-corrected chi connectivity index (χ0v) is 8.00. The standard InChI is InChI=1S/C6H5IO2S/c7-5-2-1-3-6(4-5)10(8)9/h1-4,10H. The minimum absolute atomic E-state index is 0.377. The van der Waals surface area contributed by atoms with Gasteiger partial charge in [0.15, 0.2) is 10.7 Å². The lowest BCUT2D eigenvalue weighted by Gasteiger charge is -1.89. The van der Waals surface area contributed by atoms with E-state index in [-0.39, 0.29) is 0 Å². The maximum absolute atomic E-state index is 10.4. The lowest BCUT2D eigenvalue weighted by molar-refractivity contribution is 0.614. The first-order valence-electron chi connectivity index (χ1n) is 2.60. The van der Waals surface area contributed by atoms with Crippen LogP contribution in [-0.2, 0) is 10.7 Å². The van der Waals surface area contributed by atoms with E-state index in [2.05, 4.69) is 22.6 Å². The molecule has 0 aliphatic rings. The molecule has 0 aliphatic heterocycles. The van der Waals surface area contributed by atoms with Crippen molar-refractivity contribution in [2.45, 2.75) is 4.90 Å². The van der Waals surface area contributed by atoms with Crippen molar-refractivity contribution in [1.82, 2.24) is 0 Å². The van der Waals surface area contributed by atoms with Gasteiger partial charge in [0.2, 0.25) is 0 Å². The second kappa shape index (κ2) is 3.34. The van der Waals surface area contributed by atoms with Crippen LogP contribution in [0.3, 0.4) is 0 Å². The highest BCUT2D eigenvalue weighted by atomic mass is 127. The van der Waals surface area contributed by atoms with Crippen LogP contribution in [0.4, 0.5) is 0 Å². The predicted octanol–water partition coefficient (Wildman–Crippen LogP) is 1.26. The van der Waals surface area contributed by atoms with Gasteiger partial charge >= 0.3 is 0 Å². The van der Waals surface area contributed by atoms with Crippen LogP contribution in [-0.4, -0.2) is 8.42 Å².